The summed E-state index contributed by atoms with van der Waals surface area (Å²) in [6.07, 6.45) is 3.58. The number of thioether (sulfide) groups is 1. The molecule has 0 spiro atoms. The molecule has 0 bridgehead atoms. The summed E-state index contributed by atoms with van der Waals surface area (Å²) in [5, 5.41) is 18.2. The van der Waals surface area contributed by atoms with Gasteiger partial charge in [0.2, 0.25) is 0 Å². The van der Waals surface area contributed by atoms with Crippen LogP contribution in [0.3, 0.4) is 0 Å². The number of aliphatic carboxylic acids is 1. The Balaban J connectivity index is 1.71. The van der Waals surface area contributed by atoms with Crippen molar-refractivity contribution in [3.8, 4) is 0 Å². The Morgan fingerprint density at radius 3 is 2.81 bits per heavy atom. The molecule has 0 radical (unpaired) electrons. The molecule has 2 fully saturated rings. The lowest BCUT2D eigenvalue weighted by atomic mass is 10.1. The average molecular weight is 310 g/mol. The van der Waals surface area contributed by atoms with Crippen molar-refractivity contribution in [3.63, 3.8) is 0 Å². The summed E-state index contributed by atoms with van der Waals surface area (Å²) in [4.78, 5) is 13.2. The third kappa shape index (κ3) is 3.58. The van der Waals surface area contributed by atoms with Crippen LogP contribution in [0.1, 0.15) is 37.9 Å². The van der Waals surface area contributed by atoms with Crippen LogP contribution >= 0.6 is 11.8 Å². The Morgan fingerprint density at radius 2 is 2.19 bits per heavy atom. The number of rotatable bonds is 7. The largest absolute Gasteiger partial charge is 0.481 e. The SMILES string of the molecule is CCN1CCC(Cn2c(SCC(=O)O)nnc2C2CC2)C1. The number of hydrogen-bond acceptors (Lipinski definition) is 5. The lowest BCUT2D eigenvalue weighted by Crippen LogP contribution is -2.22. The van der Waals surface area contributed by atoms with Crippen LogP contribution in [0.25, 0.3) is 0 Å². The molecule has 21 heavy (non-hydrogen) atoms. The van der Waals surface area contributed by atoms with E-state index in [1.807, 2.05) is 0 Å². The third-order valence-electron chi connectivity index (χ3n) is 4.27. The van der Waals surface area contributed by atoms with Crippen LogP contribution in [0.15, 0.2) is 5.16 Å². The fourth-order valence-electron chi connectivity index (χ4n) is 2.96. The van der Waals surface area contributed by atoms with Gasteiger partial charge in [0.1, 0.15) is 5.82 Å². The minimum atomic E-state index is -0.805. The first-order chi connectivity index (χ1) is 10.2. The van der Waals surface area contributed by atoms with Gasteiger partial charge >= 0.3 is 5.97 Å². The molecule has 3 rings (SSSR count). The number of carboxylic acids is 1. The van der Waals surface area contributed by atoms with Gasteiger partial charge in [-0.2, -0.15) is 0 Å². The normalized spacial score (nSPS) is 22.8. The van der Waals surface area contributed by atoms with Crippen LogP contribution in [0.4, 0.5) is 0 Å². The molecule has 2 heterocycles. The maximum absolute atomic E-state index is 10.8. The van der Waals surface area contributed by atoms with Crippen LogP contribution in [0.2, 0.25) is 0 Å². The number of carbonyl (C=O) groups is 1. The first kappa shape index (κ1) is 14.8. The van der Waals surface area contributed by atoms with E-state index in [4.69, 9.17) is 5.11 Å². The summed E-state index contributed by atoms with van der Waals surface area (Å²) in [6, 6.07) is 0. The highest BCUT2D eigenvalue weighted by molar-refractivity contribution is 7.99. The van der Waals surface area contributed by atoms with E-state index in [0.717, 1.165) is 30.6 Å². The zero-order valence-corrected chi connectivity index (χ0v) is 13.2. The molecule has 0 aromatic carbocycles. The fourth-order valence-corrected chi connectivity index (χ4v) is 3.63. The highest BCUT2D eigenvalue weighted by atomic mass is 32.2. The summed E-state index contributed by atoms with van der Waals surface area (Å²) >= 11 is 1.29. The lowest BCUT2D eigenvalue weighted by molar-refractivity contribution is -0.133. The van der Waals surface area contributed by atoms with Gasteiger partial charge in [0.25, 0.3) is 0 Å². The van der Waals surface area contributed by atoms with Gasteiger partial charge in [0.05, 0.1) is 5.75 Å². The Kier molecular flexibility index (Phi) is 4.49. The fraction of sp³-hybridized carbons (Fsp3) is 0.786. The van der Waals surface area contributed by atoms with Gasteiger partial charge < -0.3 is 14.6 Å². The summed E-state index contributed by atoms with van der Waals surface area (Å²) in [7, 11) is 0. The second kappa shape index (κ2) is 6.36. The molecule has 116 valence electrons. The molecule has 1 aromatic heterocycles. The molecule has 6 nitrogen and oxygen atoms in total. The first-order valence-corrected chi connectivity index (χ1v) is 8.66. The maximum atomic E-state index is 10.8. The highest BCUT2D eigenvalue weighted by Gasteiger charge is 2.32. The Bertz CT molecular complexity index is 515. The summed E-state index contributed by atoms with van der Waals surface area (Å²) in [6.45, 7) is 6.53. The van der Waals surface area contributed by atoms with Gasteiger partial charge in [-0.05, 0) is 38.3 Å². The molecule has 1 atom stereocenters. The molecule has 1 saturated carbocycles. The quantitative estimate of drug-likeness (QED) is 0.773. The van der Waals surface area contributed by atoms with Crippen LogP contribution in [0.5, 0.6) is 0 Å². The van der Waals surface area contributed by atoms with Gasteiger partial charge in [-0.1, -0.05) is 18.7 Å². The van der Waals surface area contributed by atoms with Crippen molar-refractivity contribution < 1.29 is 9.90 Å². The van der Waals surface area contributed by atoms with Crippen molar-refractivity contribution in [2.75, 3.05) is 25.4 Å². The molecular formula is C14H22N4O2S. The molecule has 7 heteroatoms. The second-order valence-corrected chi connectivity index (χ2v) is 6.90. The van der Waals surface area contributed by atoms with Crippen LogP contribution in [-0.4, -0.2) is 56.1 Å². The van der Waals surface area contributed by atoms with Gasteiger partial charge in [-0.25, -0.2) is 0 Å². The number of likely N-dealkylation sites (tertiary alicyclic amines) is 1. The number of carboxylic acid groups (broad SMARTS) is 1. The van der Waals surface area contributed by atoms with Gasteiger partial charge in [0, 0.05) is 19.0 Å². The molecule has 1 N–H and O–H groups in total. The third-order valence-corrected chi connectivity index (χ3v) is 5.22. The van der Waals surface area contributed by atoms with Gasteiger partial charge in [-0.3, -0.25) is 4.79 Å². The minimum Gasteiger partial charge on any atom is -0.481 e. The average Bonchev–Trinajstić information content (AvgIpc) is 3.07. The summed E-state index contributed by atoms with van der Waals surface area (Å²) in [5.74, 6) is 1.48. The topological polar surface area (TPSA) is 71.2 Å². The van der Waals surface area contributed by atoms with Gasteiger partial charge in [0.15, 0.2) is 5.16 Å². The van der Waals surface area contributed by atoms with E-state index in [1.54, 1.807) is 0 Å². The predicted octanol–water partition coefficient (Wildman–Crippen LogP) is 1.67. The van der Waals surface area contributed by atoms with E-state index in [-0.39, 0.29) is 5.75 Å². The molecule has 0 amide bonds. The van der Waals surface area contributed by atoms with Crippen molar-refractivity contribution in [2.45, 2.75) is 43.8 Å². The molecule has 1 saturated heterocycles. The predicted molar refractivity (Wildman–Crippen MR) is 80.6 cm³/mol. The first-order valence-electron chi connectivity index (χ1n) is 7.67. The van der Waals surface area contributed by atoms with E-state index in [9.17, 15) is 4.79 Å². The molecule has 1 aliphatic carbocycles. The molecular weight excluding hydrogens is 288 g/mol. The van der Waals surface area contributed by atoms with Crippen LogP contribution < -0.4 is 0 Å². The molecule has 1 unspecified atom stereocenters. The summed E-state index contributed by atoms with van der Waals surface area (Å²) in [5.41, 5.74) is 0. The van der Waals surface area contributed by atoms with Crippen LogP contribution in [-0.2, 0) is 11.3 Å². The molecule has 1 aliphatic heterocycles. The van der Waals surface area contributed by atoms with Crippen molar-refractivity contribution in [1.82, 2.24) is 19.7 Å². The van der Waals surface area contributed by atoms with Crippen molar-refractivity contribution in [2.24, 2.45) is 5.92 Å². The van der Waals surface area contributed by atoms with Gasteiger partial charge in [-0.15, -0.1) is 10.2 Å². The van der Waals surface area contributed by atoms with Crippen molar-refractivity contribution in [3.05, 3.63) is 5.82 Å². The van der Waals surface area contributed by atoms with E-state index < -0.39 is 5.97 Å². The smallest absolute Gasteiger partial charge is 0.313 e. The Morgan fingerprint density at radius 1 is 1.38 bits per heavy atom. The molecule has 1 aromatic rings. The second-order valence-electron chi connectivity index (χ2n) is 5.96. The summed E-state index contributed by atoms with van der Waals surface area (Å²) < 4.78 is 2.19. The number of aromatic nitrogens is 3. The van der Waals surface area contributed by atoms with Crippen molar-refractivity contribution in [1.29, 1.82) is 0 Å². The number of hydrogen-bond donors (Lipinski definition) is 1. The van der Waals surface area contributed by atoms with E-state index in [2.05, 4.69) is 26.6 Å². The zero-order valence-electron chi connectivity index (χ0n) is 12.4. The standard InChI is InChI=1S/C14H22N4O2S/c1-2-17-6-5-10(7-17)8-18-13(11-3-4-11)15-16-14(18)21-9-12(19)20/h10-11H,2-9H2,1H3,(H,19,20). The van der Waals surface area contributed by atoms with E-state index >= 15 is 0 Å². The van der Waals surface area contributed by atoms with E-state index in [1.165, 1.54) is 37.6 Å². The zero-order chi connectivity index (χ0) is 14.8. The van der Waals surface area contributed by atoms with Crippen LogP contribution in [0, 0.1) is 5.92 Å². The Hall–Kier alpha value is -1.08. The lowest BCUT2D eigenvalue weighted by Gasteiger charge is -2.16. The Labute approximate surface area is 128 Å². The highest BCUT2D eigenvalue weighted by Crippen LogP contribution is 2.40. The molecule has 2 aliphatic rings. The van der Waals surface area contributed by atoms with Crippen molar-refractivity contribution >= 4 is 17.7 Å². The maximum Gasteiger partial charge on any atom is 0.313 e. The monoisotopic (exact) mass is 310 g/mol. The van der Waals surface area contributed by atoms with E-state index in [0.29, 0.717) is 11.8 Å². The minimum absolute atomic E-state index is 0.0502. The number of nitrogens with zero attached hydrogens (tertiary/aromatic N) is 4.